The highest BCUT2D eigenvalue weighted by Gasteiger charge is 2.41. The molecule has 34 heavy (non-hydrogen) atoms. The second kappa shape index (κ2) is 11.1. The van der Waals surface area contributed by atoms with E-state index >= 15 is 0 Å². The average Bonchev–Trinajstić information content (AvgIpc) is 3.40. The van der Waals surface area contributed by atoms with E-state index in [1.807, 2.05) is 10.9 Å². The third-order valence-electron chi connectivity index (χ3n) is 4.31. The van der Waals surface area contributed by atoms with Crippen LogP contribution in [0.25, 0.3) is 0 Å². The molecule has 0 radical (unpaired) electrons. The lowest BCUT2D eigenvalue weighted by Crippen LogP contribution is -2.54. The standard InChI is InChI=1S/C23H18N2O9/c26-19(16-12-7-13-32-16)24-25-20(27)17(33-22(30)14-8-3-1-4-9-14)18(21(28)29)34-23(31)15-10-5-2-6-11-15/h1-13,17-18H,(H,24,26)(H,25,27)(H,28,29)/t17-,18-/m0/s1. The normalized spacial score (nSPS) is 12.0. The van der Waals surface area contributed by atoms with Crippen molar-refractivity contribution < 1.29 is 43.0 Å². The summed E-state index contributed by atoms with van der Waals surface area (Å²) in [5.74, 6) is -6.16. The van der Waals surface area contributed by atoms with Crippen LogP contribution >= 0.6 is 0 Å². The summed E-state index contributed by atoms with van der Waals surface area (Å²) in [6.45, 7) is 0. The molecule has 1 aromatic heterocycles. The zero-order valence-corrected chi connectivity index (χ0v) is 17.4. The van der Waals surface area contributed by atoms with Crippen molar-refractivity contribution in [3.8, 4) is 0 Å². The second-order valence-electron chi connectivity index (χ2n) is 6.64. The largest absolute Gasteiger partial charge is 0.478 e. The minimum atomic E-state index is -2.24. The zero-order valence-electron chi connectivity index (χ0n) is 17.4. The van der Waals surface area contributed by atoms with Gasteiger partial charge in [0.15, 0.2) is 5.76 Å². The van der Waals surface area contributed by atoms with Crippen LogP contribution in [0.4, 0.5) is 0 Å². The summed E-state index contributed by atoms with van der Waals surface area (Å²) in [6.07, 6.45) is -3.17. The summed E-state index contributed by atoms with van der Waals surface area (Å²) in [4.78, 5) is 61.6. The van der Waals surface area contributed by atoms with Crippen molar-refractivity contribution in [3.63, 3.8) is 0 Å². The van der Waals surface area contributed by atoms with E-state index in [-0.39, 0.29) is 16.9 Å². The van der Waals surface area contributed by atoms with Crippen LogP contribution in [0.1, 0.15) is 31.3 Å². The van der Waals surface area contributed by atoms with Gasteiger partial charge in [-0.05, 0) is 36.4 Å². The average molecular weight is 466 g/mol. The second-order valence-corrected chi connectivity index (χ2v) is 6.64. The highest BCUT2D eigenvalue weighted by atomic mass is 16.6. The number of ether oxygens (including phenoxy) is 2. The molecule has 174 valence electrons. The van der Waals surface area contributed by atoms with E-state index in [2.05, 4.69) is 0 Å². The molecule has 2 atom stereocenters. The van der Waals surface area contributed by atoms with Crippen LogP contribution in [0.2, 0.25) is 0 Å². The first-order chi connectivity index (χ1) is 16.4. The maximum Gasteiger partial charge on any atom is 0.349 e. The molecule has 3 rings (SSSR count). The van der Waals surface area contributed by atoms with Crippen molar-refractivity contribution in [1.82, 2.24) is 10.9 Å². The third kappa shape index (κ3) is 6.07. The first kappa shape index (κ1) is 23.7. The van der Waals surface area contributed by atoms with Crippen molar-refractivity contribution in [3.05, 3.63) is 95.9 Å². The van der Waals surface area contributed by atoms with Gasteiger partial charge in [-0.3, -0.25) is 20.4 Å². The fraction of sp³-hybridized carbons (Fsp3) is 0.0870. The Kier molecular flexibility index (Phi) is 7.74. The maximum absolute atomic E-state index is 12.8. The van der Waals surface area contributed by atoms with Crippen molar-refractivity contribution in [1.29, 1.82) is 0 Å². The van der Waals surface area contributed by atoms with Gasteiger partial charge in [-0.15, -0.1) is 0 Å². The minimum absolute atomic E-state index is 0.00779. The van der Waals surface area contributed by atoms with Crippen LogP contribution in [0.3, 0.4) is 0 Å². The number of hydrogen-bond donors (Lipinski definition) is 3. The molecule has 0 aliphatic heterocycles. The van der Waals surface area contributed by atoms with Crippen LogP contribution < -0.4 is 10.9 Å². The van der Waals surface area contributed by atoms with E-state index < -0.39 is 41.9 Å². The van der Waals surface area contributed by atoms with E-state index in [1.54, 1.807) is 12.1 Å². The number of rotatable bonds is 8. The monoisotopic (exact) mass is 466 g/mol. The molecule has 0 fully saturated rings. The lowest BCUT2D eigenvalue weighted by atomic mass is 10.1. The highest BCUT2D eigenvalue weighted by molar-refractivity contribution is 5.98. The molecule has 0 saturated carbocycles. The molecule has 1 heterocycles. The molecule has 3 aromatic rings. The Morgan fingerprint density at radius 1 is 0.706 bits per heavy atom. The number of esters is 2. The van der Waals surface area contributed by atoms with E-state index in [0.717, 1.165) is 0 Å². The van der Waals surface area contributed by atoms with Crippen LogP contribution in [0.15, 0.2) is 83.5 Å². The summed E-state index contributed by atoms with van der Waals surface area (Å²) >= 11 is 0. The number of carbonyl (C=O) groups excluding carboxylic acids is 4. The van der Waals surface area contributed by atoms with Gasteiger partial charge in [0, 0.05) is 0 Å². The Morgan fingerprint density at radius 3 is 1.71 bits per heavy atom. The quantitative estimate of drug-likeness (QED) is 0.330. The van der Waals surface area contributed by atoms with Crippen molar-refractivity contribution >= 4 is 29.7 Å². The molecule has 2 aromatic carbocycles. The molecule has 11 heteroatoms. The third-order valence-corrected chi connectivity index (χ3v) is 4.31. The fourth-order valence-corrected chi connectivity index (χ4v) is 2.67. The molecule has 0 unspecified atom stereocenters. The van der Waals surface area contributed by atoms with Gasteiger partial charge >= 0.3 is 23.8 Å². The van der Waals surface area contributed by atoms with Gasteiger partial charge in [0.2, 0.25) is 12.2 Å². The molecule has 2 amide bonds. The van der Waals surface area contributed by atoms with E-state index in [0.29, 0.717) is 0 Å². The highest BCUT2D eigenvalue weighted by Crippen LogP contribution is 2.13. The van der Waals surface area contributed by atoms with E-state index in [9.17, 15) is 29.1 Å². The number of carbonyl (C=O) groups is 5. The zero-order chi connectivity index (χ0) is 24.5. The number of amides is 2. The van der Waals surface area contributed by atoms with Gasteiger partial charge in [0.25, 0.3) is 5.91 Å². The van der Waals surface area contributed by atoms with Crippen molar-refractivity contribution in [2.75, 3.05) is 0 Å². The van der Waals surface area contributed by atoms with Crippen LogP contribution in [-0.2, 0) is 19.1 Å². The van der Waals surface area contributed by atoms with E-state index in [4.69, 9.17) is 13.9 Å². The molecule has 3 N–H and O–H groups in total. The molecule has 0 bridgehead atoms. The van der Waals surface area contributed by atoms with Gasteiger partial charge in [0.1, 0.15) is 0 Å². The number of furan rings is 1. The summed E-state index contributed by atoms with van der Waals surface area (Å²) in [5.41, 5.74) is 3.97. The molecule has 0 aliphatic rings. The van der Waals surface area contributed by atoms with E-state index in [1.165, 1.54) is 66.9 Å². The molecule has 0 aliphatic carbocycles. The van der Waals surface area contributed by atoms with Crippen molar-refractivity contribution in [2.45, 2.75) is 12.2 Å². The topological polar surface area (TPSA) is 161 Å². The summed E-state index contributed by atoms with van der Waals surface area (Å²) in [7, 11) is 0. The Labute approximate surface area is 192 Å². The summed E-state index contributed by atoms with van der Waals surface area (Å²) in [5, 5.41) is 9.65. The Bertz CT molecular complexity index is 1160. The number of carboxylic acids is 1. The lowest BCUT2D eigenvalue weighted by Gasteiger charge is -2.23. The van der Waals surface area contributed by atoms with Gasteiger partial charge in [-0.1, -0.05) is 36.4 Å². The smallest absolute Gasteiger partial charge is 0.349 e. The number of aliphatic carboxylic acids is 1. The van der Waals surface area contributed by atoms with Gasteiger partial charge in [-0.25, -0.2) is 14.4 Å². The number of carboxylic acid groups (broad SMARTS) is 1. The minimum Gasteiger partial charge on any atom is -0.478 e. The molecule has 0 saturated heterocycles. The number of benzene rings is 2. The maximum atomic E-state index is 12.8. The predicted molar refractivity (Wildman–Crippen MR) is 113 cm³/mol. The van der Waals surface area contributed by atoms with Gasteiger partial charge in [-0.2, -0.15) is 0 Å². The van der Waals surface area contributed by atoms with Crippen molar-refractivity contribution in [2.24, 2.45) is 0 Å². The number of hydrogen-bond acceptors (Lipinski definition) is 8. The molecular weight excluding hydrogens is 448 g/mol. The number of nitrogens with one attached hydrogen (secondary N) is 2. The van der Waals surface area contributed by atoms with Gasteiger partial charge in [0.05, 0.1) is 17.4 Å². The van der Waals surface area contributed by atoms with Crippen LogP contribution in [-0.4, -0.2) is 47.0 Å². The molecule has 11 nitrogen and oxygen atoms in total. The van der Waals surface area contributed by atoms with Crippen LogP contribution in [0, 0.1) is 0 Å². The predicted octanol–water partition coefficient (Wildman–Crippen LogP) is 1.58. The lowest BCUT2D eigenvalue weighted by molar-refractivity contribution is -0.159. The Morgan fingerprint density at radius 2 is 1.24 bits per heavy atom. The Balaban J connectivity index is 1.82. The first-order valence-corrected chi connectivity index (χ1v) is 9.75. The van der Waals surface area contributed by atoms with Gasteiger partial charge < -0.3 is 19.0 Å². The molecule has 0 spiro atoms. The summed E-state index contributed by atoms with van der Waals surface area (Å²) < 4.78 is 15.0. The fourth-order valence-electron chi connectivity index (χ4n) is 2.67. The van der Waals surface area contributed by atoms with Crippen LogP contribution in [0.5, 0.6) is 0 Å². The SMILES string of the molecule is O=C(O[C@H](C(=O)O)[C@H](OC(=O)c1ccccc1)C(=O)NNC(=O)c1ccco1)c1ccccc1. The number of hydrazine groups is 1. The Hall–Kier alpha value is -4.93. The molecular formula is C23H18N2O9. The summed E-state index contributed by atoms with van der Waals surface area (Å²) in [6, 6.07) is 17.6. The first-order valence-electron chi connectivity index (χ1n) is 9.75.